The number of thiophene rings is 1. The van der Waals surface area contributed by atoms with Crippen molar-refractivity contribution in [2.75, 3.05) is 5.75 Å². The van der Waals surface area contributed by atoms with Crippen molar-refractivity contribution in [2.45, 2.75) is 38.5 Å². The minimum Gasteiger partial charge on any atom is -0.348 e. The van der Waals surface area contributed by atoms with E-state index in [4.69, 9.17) is 11.6 Å². The van der Waals surface area contributed by atoms with Gasteiger partial charge in [-0.1, -0.05) is 43.3 Å². The molecule has 1 aromatic carbocycles. The molecule has 28 heavy (non-hydrogen) atoms. The first-order valence-corrected chi connectivity index (χ1v) is 11.2. The first kappa shape index (κ1) is 20.9. The number of nitrogens with zero attached hydrogens (tertiary/aromatic N) is 2. The van der Waals surface area contributed by atoms with Crippen molar-refractivity contribution in [3.8, 4) is 0 Å². The number of halogens is 1. The Morgan fingerprint density at radius 2 is 2.11 bits per heavy atom. The molecule has 1 amide bonds. The third-order valence-corrected chi connectivity index (χ3v) is 6.38. The van der Waals surface area contributed by atoms with Crippen LogP contribution in [0.4, 0.5) is 0 Å². The molecule has 0 aliphatic heterocycles. The van der Waals surface area contributed by atoms with Crippen LogP contribution in [0.1, 0.15) is 31.7 Å². The molecule has 0 fully saturated rings. The topological polar surface area (TPSA) is 64.0 Å². The van der Waals surface area contributed by atoms with Crippen LogP contribution >= 0.6 is 34.7 Å². The van der Waals surface area contributed by atoms with Gasteiger partial charge in [-0.05, 0) is 42.5 Å². The number of fused-ring (bicyclic) bond motifs is 1. The molecule has 5 nitrogen and oxygen atoms in total. The molecule has 1 atom stereocenters. The van der Waals surface area contributed by atoms with Gasteiger partial charge in [-0.2, -0.15) is 0 Å². The van der Waals surface area contributed by atoms with Crippen molar-refractivity contribution in [2.24, 2.45) is 5.92 Å². The van der Waals surface area contributed by atoms with Crippen LogP contribution in [-0.2, 0) is 11.3 Å². The zero-order valence-electron chi connectivity index (χ0n) is 15.9. The van der Waals surface area contributed by atoms with Crippen LogP contribution < -0.4 is 10.9 Å². The third-order valence-electron chi connectivity index (χ3n) is 4.11. The van der Waals surface area contributed by atoms with Gasteiger partial charge in [0.05, 0.1) is 22.7 Å². The van der Waals surface area contributed by atoms with Gasteiger partial charge in [0.15, 0.2) is 5.16 Å². The molecular formula is C20H22ClN3O2S2. The Hall–Kier alpha value is -1.83. The zero-order valence-corrected chi connectivity index (χ0v) is 18.3. The quantitative estimate of drug-likeness (QED) is 0.430. The van der Waals surface area contributed by atoms with Crippen molar-refractivity contribution in [1.82, 2.24) is 14.9 Å². The highest BCUT2D eigenvalue weighted by molar-refractivity contribution is 7.99. The summed E-state index contributed by atoms with van der Waals surface area (Å²) in [7, 11) is 0. The van der Waals surface area contributed by atoms with E-state index in [9.17, 15) is 9.59 Å². The number of hydrogen-bond acceptors (Lipinski definition) is 5. The molecule has 0 aliphatic carbocycles. The number of nitrogens with one attached hydrogen (secondary N) is 1. The average molecular weight is 436 g/mol. The van der Waals surface area contributed by atoms with Crippen LogP contribution in [0.15, 0.2) is 45.7 Å². The molecule has 0 spiro atoms. The van der Waals surface area contributed by atoms with Gasteiger partial charge in [0, 0.05) is 16.4 Å². The Labute approximate surface area is 177 Å². The number of amides is 1. The lowest BCUT2D eigenvalue weighted by Crippen LogP contribution is -2.29. The van der Waals surface area contributed by atoms with Crippen LogP contribution in [0.3, 0.4) is 0 Å². The van der Waals surface area contributed by atoms with Crippen molar-refractivity contribution in [3.63, 3.8) is 0 Å². The van der Waals surface area contributed by atoms with Gasteiger partial charge in [0.25, 0.3) is 5.56 Å². The van der Waals surface area contributed by atoms with E-state index in [-0.39, 0.29) is 29.2 Å². The Morgan fingerprint density at radius 3 is 2.79 bits per heavy atom. The normalized spacial score (nSPS) is 12.5. The van der Waals surface area contributed by atoms with Crippen molar-refractivity contribution < 1.29 is 4.79 Å². The average Bonchev–Trinajstić information content (AvgIpc) is 3.18. The molecule has 2 heterocycles. The molecule has 0 bridgehead atoms. The fourth-order valence-electron chi connectivity index (χ4n) is 2.83. The zero-order chi connectivity index (χ0) is 20.3. The second kappa shape index (κ2) is 9.11. The van der Waals surface area contributed by atoms with Gasteiger partial charge in [-0.25, -0.2) is 4.98 Å². The highest BCUT2D eigenvalue weighted by Gasteiger charge is 2.16. The lowest BCUT2D eigenvalue weighted by molar-refractivity contribution is -0.119. The fraction of sp³-hybridized carbons (Fsp3) is 0.350. The van der Waals surface area contributed by atoms with Gasteiger partial charge >= 0.3 is 0 Å². The van der Waals surface area contributed by atoms with Gasteiger partial charge in [0.1, 0.15) is 0 Å². The highest BCUT2D eigenvalue weighted by atomic mass is 35.5. The summed E-state index contributed by atoms with van der Waals surface area (Å²) < 4.78 is 1.64. The summed E-state index contributed by atoms with van der Waals surface area (Å²) in [5, 5.41) is 6.53. The van der Waals surface area contributed by atoms with Crippen molar-refractivity contribution in [1.29, 1.82) is 0 Å². The first-order chi connectivity index (χ1) is 13.3. The third kappa shape index (κ3) is 4.96. The van der Waals surface area contributed by atoms with Crippen LogP contribution in [0.5, 0.6) is 0 Å². The monoisotopic (exact) mass is 435 g/mol. The lowest BCUT2D eigenvalue weighted by atomic mass is 10.2. The summed E-state index contributed by atoms with van der Waals surface area (Å²) in [6, 6.07) is 9.02. The van der Waals surface area contributed by atoms with E-state index in [1.165, 1.54) is 11.8 Å². The second-order valence-electron chi connectivity index (χ2n) is 6.96. The molecule has 3 rings (SSSR count). The number of aromatic nitrogens is 2. The van der Waals surface area contributed by atoms with E-state index < -0.39 is 0 Å². The number of hydrogen-bond donors (Lipinski definition) is 1. The van der Waals surface area contributed by atoms with Crippen LogP contribution in [0.25, 0.3) is 10.9 Å². The fourth-order valence-corrected chi connectivity index (χ4v) is 4.56. The molecule has 0 saturated heterocycles. The maximum absolute atomic E-state index is 13.0. The second-order valence-corrected chi connectivity index (χ2v) is 9.32. The SMILES string of the molecule is CC(C)Cn1c(SCC(=O)NC(C)c2cccs2)nc2ccc(Cl)cc2c1=O. The Morgan fingerprint density at radius 1 is 1.32 bits per heavy atom. The Bertz CT molecular complexity index is 1030. The molecule has 0 aliphatic rings. The largest absolute Gasteiger partial charge is 0.348 e. The summed E-state index contributed by atoms with van der Waals surface area (Å²) in [6.45, 7) is 6.57. The van der Waals surface area contributed by atoms with Crippen LogP contribution in [0.2, 0.25) is 5.02 Å². The minimum atomic E-state index is -0.129. The number of carbonyl (C=O) groups excluding carboxylic acids is 1. The summed E-state index contributed by atoms with van der Waals surface area (Å²) in [5.74, 6) is 0.370. The van der Waals surface area contributed by atoms with E-state index in [1.807, 2.05) is 38.3 Å². The minimum absolute atomic E-state index is 0.0438. The molecule has 2 aromatic heterocycles. The van der Waals surface area contributed by atoms with E-state index >= 15 is 0 Å². The van der Waals surface area contributed by atoms with Gasteiger partial charge in [0.2, 0.25) is 5.91 Å². The molecule has 0 radical (unpaired) electrons. The van der Waals surface area contributed by atoms with E-state index in [1.54, 1.807) is 34.1 Å². The maximum Gasteiger partial charge on any atom is 0.262 e. The van der Waals surface area contributed by atoms with Crippen LogP contribution in [-0.4, -0.2) is 21.2 Å². The maximum atomic E-state index is 13.0. The van der Waals surface area contributed by atoms with Crippen LogP contribution in [0, 0.1) is 5.92 Å². The van der Waals surface area contributed by atoms with Gasteiger partial charge in [-0.3, -0.25) is 14.2 Å². The molecule has 1 unspecified atom stereocenters. The smallest absolute Gasteiger partial charge is 0.262 e. The highest BCUT2D eigenvalue weighted by Crippen LogP contribution is 2.22. The van der Waals surface area contributed by atoms with Gasteiger partial charge in [-0.15, -0.1) is 11.3 Å². The Balaban J connectivity index is 1.82. The standard InChI is InChI=1S/C20H22ClN3O2S2/c1-12(2)10-24-19(26)15-9-14(21)6-7-16(15)23-20(24)28-11-18(25)22-13(3)17-5-4-8-27-17/h4-9,12-13H,10-11H2,1-3H3,(H,22,25). The van der Waals surface area contributed by atoms with Crippen molar-refractivity contribution in [3.05, 3.63) is 56.0 Å². The number of thioether (sulfide) groups is 1. The number of rotatable bonds is 7. The van der Waals surface area contributed by atoms with E-state index in [2.05, 4.69) is 10.3 Å². The molecular weight excluding hydrogens is 414 g/mol. The molecule has 1 N–H and O–H groups in total. The molecule has 148 valence electrons. The van der Waals surface area contributed by atoms with Gasteiger partial charge < -0.3 is 5.32 Å². The summed E-state index contributed by atoms with van der Waals surface area (Å²) >= 11 is 8.94. The number of carbonyl (C=O) groups is 1. The molecule has 8 heteroatoms. The lowest BCUT2D eigenvalue weighted by Gasteiger charge is -2.16. The van der Waals surface area contributed by atoms with E-state index in [0.717, 1.165) is 4.88 Å². The summed E-state index contributed by atoms with van der Waals surface area (Å²) in [6.07, 6.45) is 0. The predicted octanol–water partition coefficient (Wildman–Crippen LogP) is 4.74. The van der Waals surface area contributed by atoms with E-state index in [0.29, 0.717) is 27.6 Å². The first-order valence-electron chi connectivity index (χ1n) is 9.01. The Kier molecular flexibility index (Phi) is 6.80. The van der Waals surface area contributed by atoms with Crippen molar-refractivity contribution >= 4 is 51.5 Å². The molecule has 0 saturated carbocycles. The molecule has 3 aromatic rings. The summed E-state index contributed by atoms with van der Waals surface area (Å²) in [5.41, 5.74) is 0.459. The number of benzene rings is 1. The summed E-state index contributed by atoms with van der Waals surface area (Å²) in [4.78, 5) is 31.1. The predicted molar refractivity (Wildman–Crippen MR) is 117 cm³/mol.